The van der Waals surface area contributed by atoms with Gasteiger partial charge in [0, 0.05) is 31.3 Å². The Balaban J connectivity index is 1.38. The normalized spacial score (nSPS) is 18.0. The van der Waals surface area contributed by atoms with Gasteiger partial charge in [-0.25, -0.2) is 9.78 Å². The van der Waals surface area contributed by atoms with Crippen LogP contribution in [0, 0.1) is 6.92 Å². The summed E-state index contributed by atoms with van der Waals surface area (Å²) in [5.74, 6) is 0.319. The minimum Gasteiger partial charge on any atom is -0.488 e. The molecule has 234 valence electrons. The molecule has 2 aliphatic rings. The van der Waals surface area contributed by atoms with Crippen LogP contribution in [0.2, 0.25) is 0 Å². The molecule has 9 nitrogen and oxygen atoms in total. The van der Waals surface area contributed by atoms with E-state index in [9.17, 15) is 9.90 Å². The molecule has 2 aromatic heterocycles. The fourth-order valence-corrected chi connectivity index (χ4v) is 6.14. The van der Waals surface area contributed by atoms with Crippen LogP contribution in [0.4, 0.5) is 0 Å². The number of fused-ring (bicyclic) bond motifs is 1. The number of carboxylic acid groups (broad SMARTS) is 1. The summed E-state index contributed by atoms with van der Waals surface area (Å²) in [7, 11) is 0. The molecule has 1 saturated heterocycles. The van der Waals surface area contributed by atoms with Gasteiger partial charge in [-0.05, 0) is 93.3 Å². The molecule has 1 aromatic carbocycles. The van der Waals surface area contributed by atoms with Crippen molar-refractivity contribution < 1.29 is 24.1 Å². The van der Waals surface area contributed by atoms with Gasteiger partial charge in [0.05, 0.1) is 25.1 Å². The van der Waals surface area contributed by atoms with Gasteiger partial charge in [-0.1, -0.05) is 31.2 Å². The molecule has 4 heterocycles. The lowest BCUT2D eigenvalue weighted by Gasteiger charge is -2.38. The molecule has 1 N–H and O–H groups in total. The van der Waals surface area contributed by atoms with E-state index in [0.717, 1.165) is 62.5 Å². The highest BCUT2D eigenvalue weighted by Gasteiger charge is 2.27. The van der Waals surface area contributed by atoms with Crippen LogP contribution in [-0.2, 0) is 29.0 Å². The molecule has 0 spiro atoms. The number of allylic oxidation sites excluding steroid dienone is 3. The fourth-order valence-electron chi connectivity index (χ4n) is 6.14. The van der Waals surface area contributed by atoms with Crippen LogP contribution in [-0.4, -0.2) is 63.1 Å². The smallest absolute Gasteiger partial charge is 0.342 e. The Morgan fingerprint density at radius 3 is 2.77 bits per heavy atom. The van der Waals surface area contributed by atoms with Crippen molar-refractivity contribution in [2.24, 2.45) is 0 Å². The Morgan fingerprint density at radius 2 is 2.07 bits per heavy atom. The van der Waals surface area contributed by atoms with Crippen molar-refractivity contribution in [3.63, 3.8) is 0 Å². The second kappa shape index (κ2) is 14.2. The number of ether oxygens (including phenoxy) is 3. The lowest BCUT2D eigenvalue weighted by atomic mass is 9.90. The predicted octanol–water partition coefficient (Wildman–Crippen LogP) is 6.51. The van der Waals surface area contributed by atoms with Crippen LogP contribution >= 0.6 is 0 Å². The number of carbonyl (C=O) groups is 1. The molecule has 2 aliphatic heterocycles. The number of aromatic nitrogens is 3. The number of hydrogen-bond acceptors (Lipinski definition) is 7. The van der Waals surface area contributed by atoms with E-state index in [1.807, 2.05) is 25.1 Å². The van der Waals surface area contributed by atoms with Crippen LogP contribution in [0.25, 0.3) is 11.4 Å². The molecule has 0 amide bonds. The van der Waals surface area contributed by atoms with E-state index in [0.29, 0.717) is 30.8 Å². The first-order valence-corrected chi connectivity index (χ1v) is 15.7. The monoisotopic (exact) mass is 600 g/mol. The maximum absolute atomic E-state index is 11.7. The van der Waals surface area contributed by atoms with Gasteiger partial charge in [0.15, 0.2) is 5.82 Å². The summed E-state index contributed by atoms with van der Waals surface area (Å²) >= 11 is 0. The maximum atomic E-state index is 11.7. The van der Waals surface area contributed by atoms with Gasteiger partial charge < -0.3 is 19.3 Å². The van der Waals surface area contributed by atoms with Crippen molar-refractivity contribution in [1.29, 1.82) is 0 Å². The third-order valence-corrected chi connectivity index (χ3v) is 8.77. The highest BCUT2D eigenvalue weighted by atomic mass is 16.5. The number of nitrogens with zero attached hydrogens (tertiary/aromatic N) is 4. The summed E-state index contributed by atoms with van der Waals surface area (Å²) < 4.78 is 19.5. The summed E-state index contributed by atoms with van der Waals surface area (Å²) in [4.78, 5) is 19.2. The molecule has 1 atom stereocenters. The molecule has 0 saturated carbocycles. The molecule has 0 unspecified atom stereocenters. The van der Waals surface area contributed by atoms with E-state index >= 15 is 0 Å². The average Bonchev–Trinajstić information content (AvgIpc) is 3.48. The van der Waals surface area contributed by atoms with Crippen LogP contribution < -0.4 is 4.74 Å². The molecule has 5 rings (SSSR count). The summed E-state index contributed by atoms with van der Waals surface area (Å²) in [5.41, 5.74) is 8.05. The van der Waals surface area contributed by atoms with E-state index < -0.39 is 5.97 Å². The topological polar surface area (TPSA) is 98.9 Å². The summed E-state index contributed by atoms with van der Waals surface area (Å²) in [5, 5.41) is 13.9. The van der Waals surface area contributed by atoms with Crippen molar-refractivity contribution in [1.82, 2.24) is 19.7 Å². The Bertz CT molecular complexity index is 1550. The van der Waals surface area contributed by atoms with E-state index in [4.69, 9.17) is 19.2 Å². The Kier molecular flexibility index (Phi) is 10.2. The number of aromatic carboxylic acids is 1. The molecular formula is C35H44N4O5. The summed E-state index contributed by atoms with van der Waals surface area (Å²) in [6, 6.07) is 10.6. The highest BCUT2D eigenvalue weighted by molar-refractivity contribution is 5.90. The minimum atomic E-state index is -1.10. The van der Waals surface area contributed by atoms with Gasteiger partial charge in [-0.2, -0.15) is 9.78 Å². The zero-order valence-electron chi connectivity index (χ0n) is 26.6. The SMILES string of the molecule is C/C=C(\C(OCc1ccc2c(c1C)CCN([C@@H]1CCCOC1)C2)=C(\C)CC)c1cccc(-n2ncc(C(=O)O)c2OCC)n1. The zero-order chi connectivity index (χ0) is 31.2. The van der Waals surface area contributed by atoms with Crippen LogP contribution in [0.1, 0.15) is 85.3 Å². The molecule has 0 aliphatic carbocycles. The Hall–Kier alpha value is -3.95. The van der Waals surface area contributed by atoms with Gasteiger partial charge in [0.25, 0.3) is 0 Å². The van der Waals surface area contributed by atoms with Crippen molar-refractivity contribution in [3.8, 4) is 11.7 Å². The first-order chi connectivity index (χ1) is 21.4. The molecule has 0 radical (unpaired) electrons. The molecule has 3 aromatic rings. The van der Waals surface area contributed by atoms with Gasteiger partial charge in [-0.15, -0.1) is 0 Å². The second-order valence-electron chi connectivity index (χ2n) is 11.4. The van der Waals surface area contributed by atoms with E-state index in [1.54, 1.807) is 13.0 Å². The number of hydrogen-bond donors (Lipinski definition) is 1. The third-order valence-electron chi connectivity index (χ3n) is 8.77. The quantitative estimate of drug-likeness (QED) is 0.196. The standard InChI is InChI=1S/C35H44N4O5/c1-6-23(4)33(28(7-2)31-12-9-13-32(37-31)39-34(43-8-3)30(19-36-39)35(40)41)44-21-26-15-14-25-20-38(17-16-29(25)24(26)5)27-11-10-18-42-22-27/h7,9,12-15,19,27H,6,8,10-11,16-18,20-22H2,1-5H3,(H,40,41)/b28-7-,33-23+/t27-/m1/s1. The summed E-state index contributed by atoms with van der Waals surface area (Å²) in [6.45, 7) is 14.7. The average molecular weight is 601 g/mol. The maximum Gasteiger partial charge on any atom is 0.342 e. The van der Waals surface area contributed by atoms with E-state index in [-0.39, 0.29) is 11.4 Å². The lowest BCUT2D eigenvalue weighted by molar-refractivity contribution is 0.0125. The van der Waals surface area contributed by atoms with Crippen molar-refractivity contribution in [3.05, 3.63) is 87.4 Å². The largest absolute Gasteiger partial charge is 0.488 e. The number of pyridine rings is 1. The van der Waals surface area contributed by atoms with Crippen LogP contribution in [0.5, 0.6) is 5.88 Å². The van der Waals surface area contributed by atoms with Crippen LogP contribution in [0.3, 0.4) is 0 Å². The number of benzene rings is 1. The first-order valence-electron chi connectivity index (χ1n) is 15.7. The number of carboxylic acids is 1. The Labute approximate surface area is 260 Å². The predicted molar refractivity (Wildman–Crippen MR) is 170 cm³/mol. The number of rotatable bonds is 11. The Morgan fingerprint density at radius 1 is 1.23 bits per heavy atom. The lowest BCUT2D eigenvalue weighted by Crippen LogP contribution is -2.44. The third kappa shape index (κ3) is 6.59. The summed E-state index contributed by atoms with van der Waals surface area (Å²) in [6.07, 6.45) is 7.53. The van der Waals surface area contributed by atoms with Crippen molar-refractivity contribution >= 4 is 11.5 Å². The van der Waals surface area contributed by atoms with Gasteiger partial charge in [0.1, 0.15) is 17.9 Å². The van der Waals surface area contributed by atoms with Crippen molar-refractivity contribution in [2.45, 2.75) is 79.5 Å². The second-order valence-corrected chi connectivity index (χ2v) is 11.4. The minimum absolute atomic E-state index is 0.00723. The van der Waals surface area contributed by atoms with E-state index in [2.05, 4.69) is 42.9 Å². The van der Waals surface area contributed by atoms with Gasteiger partial charge in [0.2, 0.25) is 5.88 Å². The molecular weight excluding hydrogens is 556 g/mol. The molecule has 9 heteroatoms. The molecule has 1 fully saturated rings. The van der Waals surface area contributed by atoms with Crippen LogP contribution in [0.15, 0.2) is 53.9 Å². The first kappa shape index (κ1) is 31.5. The fraction of sp³-hybridized carbons (Fsp3) is 0.457. The van der Waals surface area contributed by atoms with E-state index in [1.165, 1.54) is 39.6 Å². The molecule has 44 heavy (non-hydrogen) atoms. The van der Waals surface area contributed by atoms with Gasteiger partial charge >= 0.3 is 5.97 Å². The van der Waals surface area contributed by atoms with Gasteiger partial charge in [-0.3, -0.25) is 4.90 Å². The molecule has 0 bridgehead atoms. The highest BCUT2D eigenvalue weighted by Crippen LogP contribution is 2.32. The van der Waals surface area contributed by atoms with Crippen molar-refractivity contribution in [2.75, 3.05) is 26.4 Å². The zero-order valence-corrected chi connectivity index (χ0v) is 26.6.